The van der Waals surface area contributed by atoms with E-state index in [1.165, 1.54) is 5.69 Å². The number of fused-ring (bicyclic) bond motifs is 2. The van der Waals surface area contributed by atoms with Crippen LogP contribution in [0.4, 0.5) is 5.69 Å². The number of methoxy groups -OCH3 is 1. The van der Waals surface area contributed by atoms with Gasteiger partial charge in [-0.1, -0.05) is 18.2 Å². The van der Waals surface area contributed by atoms with E-state index in [0.29, 0.717) is 13.2 Å². The SMILES string of the molecule is COCCOc1ccc2c(c1)ncn2-c1ccc2cccc(N3CCN(Cc4ccccn4)CC3)c2n1. The van der Waals surface area contributed by atoms with Gasteiger partial charge in [0.2, 0.25) is 0 Å². The minimum atomic E-state index is 0.509. The van der Waals surface area contributed by atoms with Crippen LogP contribution in [0.5, 0.6) is 5.75 Å². The first-order chi connectivity index (χ1) is 18.3. The zero-order valence-electron chi connectivity index (χ0n) is 21.0. The normalized spacial score (nSPS) is 14.5. The lowest BCUT2D eigenvalue weighted by Gasteiger charge is -2.36. The van der Waals surface area contributed by atoms with Gasteiger partial charge in [0.05, 0.1) is 34.5 Å². The summed E-state index contributed by atoms with van der Waals surface area (Å²) < 4.78 is 12.9. The quantitative estimate of drug-likeness (QED) is 0.298. The van der Waals surface area contributed by atoms with Gasteiger partial charge in [-0.25, -0.2) is 9.97 Å². The van der Waals surface area contributed by atoms with E-state index in [9.17, 15) is 0 Å². The van der Waals surface area contributed by atoms with Gasteiger partial charge in [0, 0.05) is 57.5 Å². The van der Waals surface area contributed by atoms with Gasteiger partial charge in [-0.2, -0.15) is 0 Å². The highest BCUT2D eigenvalue weighted by atomic mass is 16.5. The van der Waals surface area contributed by atoms with E-state index in [4.69, 9.17) is 14.5 Å². The van der Waals surface area contributed by atoms with Crippen LogP contribution in [0.2, 0.25) is 0 Å². The Bertz CT molecular complexity index is 1490. The predicted octanol–water partition coefficient (Wildman–Crippen LogP) is 4.32. The highest BCUT2D eigenvalue weighted by Crippen LogP contribution is 2.29. The molecule has 0 aliphatic carbocycles. The molecule has 8 nitrogen and oxygen atoms in total. The van der Waals surface area contributed by atoms with Crippen LogP contribution in [0, 0.1) is 0 Å². The number of ether oxygens (including phenoxy) is 2. The topological polar surface area (TPSA) is 68.5 Å². The molecular weight excluding hydrogens is 464 g/mol. The Kier molecular flexibility index (Phi) is 6.66. The first-order valence-electron chi connectivity index (χ1n) is 12.6. The van der Waals surface area contributed by atoms with Gasteiger partial charge >= 0.3 is 0 Å². The van der Waals surface area contributed by atoms with Crippen molar-refractivity contribution in [1.82, 2.24) is 24.4 Å². The molecule has 188 valence electrons. The number of rotatable bonds is 8. The van der Waals surface area contributed by atoms with Gasteiger partial charge in [0.15, 0.2) is 0 Å². The number of aromatic nitrogens is 4. The maximum absolute atomic E-state index is 5.75. The minimum absolute atomic E-state index is 0.509. The zero-order valence-corrected chi connectivity index (χ0v) is 21.0. The smallest absolute Gasteiger partial charge is 0.139 e. The molecule has 8 heteroatoms. The number of pyridine rings is 2. The van der Waals surface area contributed by atoms with Crippen LogP contribution >= 0.6 is 0 Å². The molecule has 0 amide bonds. The molecule has 1 fully saturated rings. The third-order valence-corrected chi connectivity index (χ3v) is 6.83. The van der Waals surface area contributed by atoms with Crippen LogP contribution in [-0.2, 0) is 11.3 Å². The van der Waals surface area contributed by atoms with Gasteiger partial charge in [0.25, 0.3) is 0 Å². The molecule has 1 saturated heterocycles. The molecule has 4 heterocycles. The third-order valence-electron chi connectivity index (χ3n) is 6.83. The van der Waals surface area contributed by atoms with Crippen molar-refractivity contribution in [3.63, 3.8) is 0 Å². The van der Waals surface area contributed by atoms with E-state index in [2.05, 4.69) is 62.2 Å². The number of hydrogen-bond acceptors (Lipinski definition) is 7. The molecule has 0 atom stereocenters. The molecule has 6 rings (SSSR count). The van der Waals surface area contributed by atoms with Crippen molar-refractivity contribution in [2.75, 3.05) is 51.4 Å². The number of benzene rings is 2. The van der Waals surface area contributed by atoms with Crippen LogP contribution in [0.1, 0.15) is 5.69 Å². The lowest BCUT2D eigenvalue weighted by Crippen LogP contribution is -2.46. The van der Waals surface area contributed by atoms with Crippen molar-refractivity contribution >= 4 is 27.6 Å². The van der Waals surface area contributed by atoms with Crippen molar-refractivity contribution in [1.29, 1.82) is 0 Å². The monoisotopic (exact) mass is 494 g/mol. The summed E-state index contributed by atoms with van der Waals surface area (Å²) in [5.74, 6) is 1.63. The van der Waals surface area contributed by atoms with Gasteiger partial charge in [-0.3, -0.25) is 14.5 Å². The summed E-state index contributed by atoms with van der Waals surface area (Å²) in [7, 11) is 1.67. The summed E-state index contributed by atoms with van der Waals surface area (Å²) in [4.78, 5) is 19.1. The molecule has 0 N–H and O–H groups in total. The van der Waals surface area contributed by atoms with E-state index in [1.807, 2.05) is 41.4 Å². The highest BCUT2D eigenvalue weighted by molar-refractivity contribution is 5.92. The Hall–Kier alpha value is -4.01. The fraction of sp³-hybridized carbons (Fsp3) is 0.276. The maximum Gasteiger partial charge on any atom is 0.139 e. The Morgan fingerprint density at radius 3 is 2.62 bits per heavy atom. The van der Waals surface area contributed by atoms with Gasteiger partial charge in [-0.05, 0) is 42.5 Å². The second-order valence-electron chi connectivity index (χ2n) is 9.21. The number of anilines is 1. The van der Waals surface area contributed by atoms with Crippen LogP contribution in [0.25, 0.3) is 27.8 Å². The van der Waals surface area contributed by atoms with Crippen molar-refractivity contribution in [3.05, 3.63) is 84.9 Å². The Morgan fingerprint density at radius 2 is 1.78 bits per heavy atom. The number of piperazine rings is 1. The Morgan fingerprint density at radius 1 is 0.865 bits per heavy atom. The van der Waals surface area contributed by atoms with E-state index < -0.39 is 0 Å². The second-order valence-corrected chi connectivity index (χ2v) is 9.21. The lowest BCUT2D eigenvalue weighted by molar-refractivity contribution is 0.146. The standard InChI is InChI=1S/C29H30N6O2/c1-36-17-18-37-24-9-10-26-25(19-24)31-21-35(26)28-11-8-22-5-4-7-27(29(22)32-28)34-15-13-33(14-16-34)20-23-6-2-3-12-30-23/h2-12,19,21H,13-18,20H2,1H3. The molecule has 2 aromatic carbocycles. The molecule has 0 unspecified atom stereocenters. The fourth-order valence-electron chi connectivity index (χ4n) is 4.89. The summed E-state index contributed by atoms with van der Waals surface area (Å²) in [6, 6.07) is 22.7. The molecule has 37 heavy (non-hydrogen) atoms. The summed E-state index contributed by atoms with van der Waals surface area (Å²) >= 11 is 0. The number of imidazole rings is 1. The maximum atomic E-state index is 5.75. The van der Waals surface area contributed by atoms with Crippen molar-refractivity contribution < 1.29 is 9.47 Å². The molecule has 5 aromatic rings. The Balaban J connectivity index is 1.24. The summed E-state index contributed by atoms with van der Waals surface area (Å²) in [5, 5.41) is 1.13. The first kappa shape index (κ1) is 23.4. The van der Waals surface area contributed by atoms with Crippen LogP contribution < -0.4 is 9.64 Å². The molecule has 0 bridgehead atoms. The molecule has 1 aliphatic rings. The summed E-state index contributed by atoms with van der Waals surface area (Å²) in [5.41, 5.74) is 5.17. The van der Waals surface area contributed by atoms with E-state index >= 15 is 0 Å². The average molecular weight is 495 g/mol. The first-order valence-corrected chi connectivity index (χ1v) is 12.6. The molecule has 0 spiro atoms. The van der Waals surface area contributed by atoms with Crippen molar-refractivity contribution in [2.24, 2.45) is 0 Å². The average Bonchev–Trinajstić information content (AvgIpc) is 3.37. The highest BCUT2D eigenvalue weighted by Gasteiger charge is 2.20. The minimum Gasteiger partial charge on any atom is -0.491 e. The fourth-order valence-corrected chi connectivity index (χ4v) is 4.89. The molecule has 1 aliphatic heterocycles. The van der Waals surface area contributed by atoms with E-state index in [1.54, 1.807) is 7.11 Å². The molecule has 0 saturated carbocycles. The van der Waals surface area contributed by atoms with Crippen molar-refractivity contribution in [3.8, 4) is 11.6 Å². The Labute approximate surface area is 216 Å². The number of para-hydroxylation sites is 1. The summed E-state index contributed by atoms with van der Waals surface area (Å²) in [6.07, 6.45) is 3.70. The van der Waals surface area contributed by atoms with Gasteiger partial charge in [0.1, 0.15) is 24.5 Å². The number of nitrogens with zero attached hydrogens (tertiary/aromatic N) is 6. The van der Waals surface area contributed by atoms with E-state index in [0.717, 1.165) is 71.9 Å². The zero-order chi connectivity index (χ0) is 25.0. The molecule has 3 aromatic heterocycles. The van der Waals surface area contributed by atoms with E-state index in [-0.39, 0.29) is 0 Å². The third kappa shape index (κ3) is 4.98. The number of hydrogen-bond donors (Lipinski definition) is 0. The second kappa shape index (κ2) is 10.5. The van der Waals surface area contributed by atoms with Crippen LogP contribution in [-0.4, -0.2) is 70.9 Å². The van der Waals surface area contributed by atoms with Crippen LogP contribution in [0.3, 0.4) is 0 Å². The van der Waals surface area contributed by atoms with Crippen LogP contribution in [0.15, 0.2) is 79.3 Å². The summed E-state index contributed by atoms with van der Waals surface area (Å²) in [6.45, 7) is 5.85. The van der Waals surface area contributed by atoms with Gasteiger partial charge < -0.3 is 14.4 Å². The largest absolute Gasteiger partial charge is 0.491 e. The van der Waals surface area contributed by atoms with Gasteiger partial charge in [-0.15, -0.1) is 0 Å². The predicted molar refractivity (Wildman–Crippen MR) is 145 cm³/mol. The molecule has 0 radical (unpaired) electrons. The molecular formula is C29H30N6O2. The lowest BCUT2D eigenvalue weighted by atomic mass is 10.1. The van der Waals surface area contributed by atoms with Crippen molar-refractivity contribution in [2.45, 2.75) is 6.54 Å².